The summed E-state index contributed by atoms with van der Waals surface area (Å²) in [5.74, 6) is -1.05. The molecule has 0 aromatic carbocycles. The van der Waals surface area contributed by atoms with E-state index in [9.17, 15) is 14.4 Å². The molecule has 3 amide bonds. The third kappa shape index (κ3) is 3.80. The molecule has 8 nitrogen and oxygen atoms in total. The average molecular weight is 349 g/mol. The second kappa shape index (κ2) is 7.26. The number of hydrogen-bond acceptors (Lipinski definition) is 5. The minimum atomic E-state index is -0.427. The number of rotatable bonds is 5. The summed E-state index contributed by atoms with van der Waals surface area (Å²) in [6.07, 6.45) is 0. The highest BCUT2D eigenvalue weighted by Crippen LogP contribution is 2.20. The van der Waals surface area contributed by atoms with Crippen LogP contribution in [0, 0.1) is 6.92 Å². The first-order valence-electron chi connectivity index (χ1n) is 7.18. The summed E-state index contributed by atoms with van der Waals surface area (Å²) in [7, 11) is 4.91. The second-order valence-corrected chi connectivity index (χ2v) is 6.29. The lowest BCUT2D eigenvalue weighted by atomic mass is 10.2. The zero-order chi connectivity index (χ0) is 17.9. The Balaban J connectivity index is 2.06. The lowest BCUT2D eigenvalue weighted by Gasteiger charge is -2.11. The van der Waals surface area contributed by atoms with Gasteiger partial charge < -0.3 is 15.5 Å². The van der Waals surface area contributed by atoms with E-state index in [0.717, 1.165) is 0 Å². The topological polar surface area (TPSA) is 96.3 Å². The number of hydrogen-bond donors (Lipinski definition) is 2. The van der Waals surface area contributed by atoms with E-state index in [1.165, 1.54) is 20.9 Å². The van der Waals surface area contributed by atoms with Crippen molar-refractivity contribution in [3.05, 3.63) is 33.8 Å². The molecule has 0 aliphatic rings. The molecule has 0 aliphatic heterocycles. The average Bonchev–Trinajstić information content (AvgIpc) is 3.16. The van der Waals surface area contributed by atoms with E-state index in [2.05, 4.69) is 15.7 Å². The predicted molar refractivity (Wildman–Crippen MR) is 91.2 cm³/mol. The first-order chi connectivity index (χ1) is 11.3. The highest BCUT2D eigenvalue weighted by Gasteiger charge is 2.22. The van der Waals surface area contributed by atoms with Gasteiger partial charge in [0.2, 0.25) is 5.91 Å². The summed E-state index contributed by atoms with van der Waals surface area (Å²) in [5, 5.41) is 11.1. The Bertz CT molecular complexity index is 764. The zero-order valence-electron chi connectivity index (χ0n) is 13.9. The molecule has 24 heavy (non-hydrogen) atoms. The van der Waals surface area contributed by atoms with Crippen molar-refractivity contribution in [2.24, 2.45) is 7.05 Å². The number of aromatic nitrogens is 2. The Labute approximate surface area is 143 Å². The Hall–Kier alpha value is -2.68. The van der Waals surface area contributed by atoms with E-state index in [0.29, 0.717) is 16.3 Å². The summed E-state index contributed by atoms with van der Waals surface area (Å²) in [6, 6.07) is 3.44. The van der Waals surface area contributed by atoms with Gasteiger partial charge in [-0.3, -0.25) is 19.1 Å². The maximum Gasteiger partial charge on any atom is 0.276 e. The Morgan fingerprint density at radius 2 is 2.04 bits per heavy atom. The van der Waals surface area contributed by atoms with Gasteiger partial charge in [-0.2, -0.15) is 5.10 Å². The van der Waals surface area contributed by atoms with Crippen molar-refractivity contribution in [2.45, 2.75) is 6.92 Å². The van der Waals surface area contributed by atoms with E-state index in [1.807, 2.05) is 0 Å². The second-order valence-electron chi connectivity index (χ2n) is 5.34. The summed E-state index contributed by atoms with van der Waals surface area (Å²) < 4.78 is 1.52. The molecule has 2 N–H and O–H groups in total. The Morgan fingerprint density at radius 1 is 1.33 bits per heavy atom. The number of carbonyl (C=O) groups excluding carboxylic acids is 3. The Morgan fingerprint density at radius 3 is 2.62 bits per heavy atom. The lowest BCUT2D eigenvalue weighted by molar-refractivity contribution is -0.115. The van der Waals surface area contributed by atoms with Crippen molar-refractivity contribution in [2.75, 3.05) is 26.0 Å². The van der Waals surface area contributed by atoms with Gasteiger partial charge in [0.15, 0.2) is 5.69 Å². The van der Waals surface area contributed by atoms with Crippen molar-refractivity contribution >= 4 is 34.7 Å². The van der Waals surface area contributed by atoms with Gasteiger partial charge in [-0.05, 0) is 18.4 Å². The first-order valence-corrected chi connectivity index (χ1v) is 8.06. The number of anilines is 1. The fourth-order valence-electron chi connectivity index (χ4n) is 1.96. The van der Waals surface area contributed by atoms with Crippen LogP contribution < -0.4 is 10.6 Å². The van der Waals surface area contributed by atoms with Gasteiger partial charge in [0.05, 0.1) is 22.8 Å². The molecule has 0 unspecified atom stereocenters. The van der Waals surface area contributed by atoms with Crippen LogP contribution in [0.5, 0.6) is 0 Å². The van der Waals surface area contributed by atoms with Gasteiger partial charge in [0, 0.05) is 21.1 Å². The Kier molecular flexibility index (Phi) is 5.35. The van der Waals surface area contributed by atoms with Gasteiger partial charge in [-0.15, -0.1) is 11.3 Å². The maximum atomic E-state index is 12.2. The monoisotopic (exact) mass is 349 g/mol. The number of aryl methyl sites for hydroxylation is 1. The third-order valence-electron chi connectivity index (χ3n) is 3.36. The van der Waals surface area contributed by atoms with E-state index in [-0.39, 0.29) is 24.1 Å². The molecule has 2 aromatic heterocycles. The number of nitrogens with one attached hydrogen (secondary N) is 2. The molecule has 0 spiro atoms. The van der Waals surface area contributed by atoms with Crippen molar-refractivity contribution in [1.82, 2.24) is 20.0 Å². The smallest absolute Gasteiger partial charge is 0.276 e. The summed E-state index contributed by atoms with van der Waals surface area (Å²) in [5.41, 5.74) is 1.17. The molecule has 2 heterocycles. The van der Waals surface area contributed by atoms with Crippen LogP contribution in [-0.4, -0.2) is 53.0 Å². The van der Waals surface area contributed by atoms with Crippen molar-refractivity contribution < 1.29 is 14.4 Å². The number of nitrogens with zero attached hydrogens (tertiary/aromatic N) is 3. The molecule has 0 radical (unpaired) electrons. The third-order valence-corrected chi connectivity index (χ3v) is 4.23. The fraction of sp³-hybridized carbons (Fsp3) is 0.333. The van der Waals surface area contributed by atoms with Crippen LogP contribution in [0.1, 0.15) is 25.9 Å². The van der Waals surface area contributed by atoms with E-state index >= 15 is 0 Å². The predicted octanol–water partition coefficient (Wildman–Crippen LogP) is 0.860. The molecule has 0 fully saturated rings. The van der Waals surface area contributed by atoms with Crippen LogP contribution in [0.2, 0.25) is 0 Å². The highest BCUT2D eigenvalue weighted by atomic mass is 32.1. The summed E-state index contributed by atoms with van der Waals surface area (Å²) >= 11 is 1.29. The van der Waals surface area contributed by atoms with Crippen LogP contribution in [0.15, 0.2) is 17.5 Å². The van der Waals surface area contributed by atoms with Crippen LogP contribution in [0.3, 0.4) is 0 Å². The van der Waals surface area contributed by atoms with Crippen molar-refractivity contribution in [3.63, 3.8) is 0 Å². The minimum absolute atomic E-state index is 0.165. The van der Waals surface area contributed by atoms with Gasteiger partial charge >= 0.3 is 0 Å². The molecule has 2 aromatic rings. The van der Waals surface area contributed by atoms with Gasteiger partial charge in [-0.25, -0.2) is 0 Å². The number of carbonyl (C=O) groups is 3. The molecular weight excluding hydrogens is 330 g/mol. The quantitative estimate of drug-likeness (QED) is 0.837. The summed E-state index contributed by atoms with van der Waals surface area (Å²) in [6.45, 7) is 1.56. The highest BCUT2D eigenvalue weighted by molar-refractivity contribution is 7.12. The molecule has 0 bridgehead atoms. The molecular formula is C15H19N5O3S. The molecule has 0 aliphatic carbocycles. The van der Waals surface area contributed by atoms with Gasteiger partial charge in [-0.1, -0.05) is 6.07 Å². The molecule has 128 valence electrons. The first kappa shape index (κ1) is 17.7. The molecule has 0 atom stereocenters. The van der Waals surface area contributed by atoms with E-state index in [1.54, 1.807) is 45.6 Å². The van der Waals surface area contributed by atoms with Crippen LogP contribution in [-0.2, 0) is 11.8 Å². The molecule has 2 rings (SSSR count). The lowest BCUT2D eigenvalue weighted by Crippen LogP contribution is -2.33. The normalized spacial score (nSPS) is 10.3. The SMILES string of the molecule is Cc1c(NC(=O)CNC(=O)c2cccs2)c(C(=O)N(C)C)nn1C. The van der Waals surface area contributed by atoms with Crippen LogP contribution >= 0.6 is 11.3 Å². The van der Waals surface area contributed by atoms with Gasteiger partial charge in [0.1, 0.15) is 0 Å². The molecule has 0 saturated heterocycles. The van der Waals surface area contributed by atoms with Crippen molar-refractivity contribution in [3.8, 4) is 0 Å². The largest absolute Gasteiger partial charge is 0.343 e. The van der Waals surface area contributed by atoms with Crippen LogP contribution in [0.4, 0.5) is 5.69 Å². The fourth-order valence-corrected chi connectivity index (χ4v) is 2.60. The zero-order valence-corrected chi connectivity index (χ0v) is 14.7. The maximum absolute atomic E-state index is 12.2. The summed E-state index contributed by atoms with van der Waals surface area (Å²) in [4.78, 5) is 38.0. The van der Waals surface area contributed by atoms with E-state index in [4.69, 9.17) is 0 Å². The molecule has 0 saturated carbocycles. The van der Waals surface area contributed by atoms with Crippen LogP contribution in [0.25, 0.3) is 0 Å². The number of thiophene rings is 1. The number of amides is 3. The van der Waals surface area contributed by atoms with Crippen molar-refractivity contribution in [1.29, 1.82) is 0 Å². The minimum Gasteiger partial charge on any atom is -0.343 e. The van der Waals surface area contributed by atoms with Gasteiger partial charge in [0.25, 0.3) is 11.8 Å². The van der Waals surface area contributed by atoms with E-state index < -0.39 is 5.91 Å². The molecule has 9 heteroatoms. The standard InChI is InChI=1S/C15H19N5O3S/c1-9-12(13(18-20(9)4)15(23)19(2)3)17-11(21)8-16-14(22)10-6-5-7-24-10/h5-7H,8H2,1-4H3,(H,16,22)(H,17,21).